The van der Waals surface area contributed by atoms with E-state index in [9.17, 15) is 19.2 Å². The van der Waals surface area contributed by atoms with Crippen molar-refractivity contribution in [2.45, 2.75) is 50.7 Å². The van der Waals surface area contributed by atoms with E-state index < -0.39 is 48.3 Å². The summed E-state index contributed by atoms with van der Waals surface area (Å²) >= 11 is 0. The van der Waals surface area contributed by atoms with Crippen molar-refractivity contribution in [1.82, 2.24) is 20.4 Å². The Bertz CT molecular complexity index is 734. The minimum absolute atomic E-state index is 0.0205. The standard InChI is InChI=1S/C15H21N5O7/c1-7(21)9(6-12(24)25)17-15(26)20-4-2-3-10(20)14-18-13(19-27-14)8(16)5-11(22)23/h8-10H,2-6,16H2,1H3,(H,17,26)(H,22,23)(H,24,25)/t8-,9-,10-/m0/s1. The van der Waals surface area contributed by atoms with Crippen molar-refractivity contribution in [2.24, 2.45) is 5.73 Å². The first kappa shape index (κ1) is 20.3. The maximum Gasteiger partial charge on any atom is 0.318 e. The summed E-state index contributed by atoms with van der Waals surface area (Å²) in [4.78, 5) is 51.1. The van der Waals surface area contributed by atoms with Crippen molar-refractivity contribution in [3.8, 4) is 0 Å². The average Bonchev–Trinajstić information content (AvgIpc) is 3.21. The lowest BCUT2D eigenvalue weighted by molar-refractivity contribution is -0.139. The van der Waals surface area contributed by atoms with Gasteiger partial charge in [-0.25, -0.2) is 4.79 Å². The SMILES string of the molecule is CC(=O)[C@H](CC(=O)O)NC(=O)N1CCC[C@H]1c1nc([C@@H](N)CC(=O)O)no1. The molecular formula is C15H21N5O7. The topological polar surface area (TPSA) is 189 Å². The summed E-state index contributed by atoms with van der Waals surface area (Å²) in [5.41, 5.74) is 5.70. The number of ketones is 1. The third-order valence-electron chi connectivity index (χ3n) is 4.15. The van der Waals surface area contributed by atoms with E-state index >= 15 is 0 Å². The molecule has 27 heavy (non-hydrogen) atoms. The van der Waals surface area contributed by atoms with Gasteiger partial charge in [0.15, 0.2) is 11.6 Å². The highest BCUT2D eigenvalue weighted by atomic mass is 16.5. The number of carboxylic acids is 2. The smallest absolute Gasteiger partial charge is 0.318 e. The van der Waals surface area contributed by atoms with E-state index in [4.69, 9.17) is 20.5 Å². The fraction of sp³-hybridized carbons (Fsp3) is 0.600. The number of carbonyl (C=O) groups is 4. The van der Waals surface area contributed by atoms with Crippen LogP contribution in [0.25, 0.3) is 0 Å². The number of aromatic nitrogens is 2. The highest BCUT2D eigenvalue weighted by Crippen LogP contribution is 2.31. The van der Waals surface area contributed by atoms with E-state index in [2.05, 4.69) is 15.5 Å². The molecule has 0 saturated carbocycles. The first-order chi connectivity index (χ1) is 12.7. The van der Waals surface area contributed by atoms with E-state index in [1.165, 1.54) is 11.8 Å². The quantitative estimate of drug-likeness (QED) is 0.468. The molecule has 1 fully saturated rings. The normalized spacial score (nSPS) is 18.7. The number of rotatable bonds is 8. The van der Waals surface area contributed by atoms with Crippen LogP contribution in [0.3, 0.4) is 0 Å². The van der Waals surface area contributed by atoms with Gasteiger partial charge in [-0.15, -0.1) is 0 Å². The van der Waals surface area contributed by atoms with Crippen LogP contribution in [0, 0.1) is 0 Å². The summed E-state index contributed by atoms with van der Waals surface area (Å²) in [5.74, 6) is -2.66. The summed E-state index contributed by atoms with van der Waals surface area (Å²) in [6.45, 7) is 1.55. The molecule has 1 saturated heterocycles. The third kappa shape index (κ3) is 5.23. The van der Waals surface area contributed by atoms with Crippen LogP contribution >= 0.6 is 0 Å². The summed E-state index contributed by atoms with van der Waals surface area (Å²) in [6.07, 6.45) is 0.269. The number of carbonyl (C=O) groups excluding carboxylic acids is 2. The van der Waals surface area contributed by atoms with Crippen LogP contribution in [0.15, 0.2) is 4.52 Å². The molecule has 12 nitrogen and oxygen atoms in total. The van der Waals surface area contributed by atoms with E-state index in [0.29, 0.717) is 19.4 Å². The van der Waals surface area contributed by atoms with Gasteiger partial charge < -0.3 is 30.7 Å². The summed E-state index contributed by atoms with van der Waals surface area (Å²) in [5, 5.41) is 23.7. The second-order valence-corrected chi connectivity index (χ2v) is 6.26. The highest BCUT2D eigenvalue weighted by molar-refractivity contribution is 5.90. The Kier molecular flexibility index (Phi) is 6.45. The van der Waals surface area contributed by atoms with Gasteiger partial charge in [-0.1, -0.05) is 5.16 Å². The van der Waals surface area contributed by atoms with Crippen LogP contribution in [0.4, 0.5) is 4.79 Å². The van der Waals surface area contributed by atoms with Gasteiger partial charge in [0.1, 0.15) is 6.04 Å². The molecule has 0 aliphatic carbocycles. The number of urea groups is 1. The highest BCUT2D eigenvalue weighted by Gasteiger charge is 2.36. The van der Waals surface area contributed by atoms with Crippen LogP contribution in [0.1, 0.15) is 56.4 Å². The monoisotopic (exact) mass is 383 g/mol. The van der Waals surface area contributed by atoms with E-state index in [1.807, 2.05) is 0 Å². The Morgan fingerprint density at radius 3 is 2.56 bits per heavy atom. The van der Waals surface area contributed by atoms with Crippen molar-refractivity contribution in [1.29, 1.82) is 0 Å². The fourth-order valence-electron chi connectivity index (χ4n) is 2.78. The molecule has 1 aromatic rings. The number of carboxylic acid groups (broad SMARTS) is 2. The van der Waals surface area contributed by atoms with Crippen LogP contribution < -0.4 is 11.1 Å². The molecule has 1 aliphatic rings. The summed E-state index contributed by atoms with van der Waals surface area (Å²) in [7, 11) is 0. The number of nitrogens with one attached hydrogen (secondary N) is 1. The molecule has 0 bridgehead atoms. The second kappa shape index (κ2) is 8.58. The molecule has 0 aromatic carbocycles. The summed E-state index contributed by atoms with van der Waals surface area (Å²) < 4.78 is 5.13. The fourth-order valence-corrected chi connectivity index (χ4v) is 2.78. The van der Waals surface area contributed by atoms with E-state index in [-0.39, 0.29) is 18.1 Å². The zero-order valence-electron chi connectivity index (χ0n) is 14.6. The molecule has 0 spiro atoms. The van der Waals surface area contributed by atoms with E-state index in [1.54, 1.807) is 0 Å². The molecule has 2 heterocycles. The van der Waals surface area contributed by atoms with Gasteiger partial charge in [0.25, 0.3) is 0 Å². The lowest BCUT2D eigenvalue weighted by Gasteiger charge is -2.24. The molecule has 1 aliphatic heterocycles. The molecule has 0 radical (unpaired) electrons. The Balaban J connectivity index is 2.09. The van der Waals surface area contributed by atoms with Gasteiger partial charge in [0.2, 0.25) is 5.89 Å². The average molecular weight is 383 g/mol. The van der Waals surface area contributed by atoms with Gasteiger partial charge >= 0.3 is 18.0 Å². The Morgan fingerprint density at radius 1 is 1.30 bits per heavy atom. The minimum Gasteiger partial charge on any atom is -0.481 e. The largest absolute Gasteiger partial charge is 0.481 e. The molecule has 2 rings (SSSR count). The Morgan fingerprint density at radius 2 is 1.96 bits per heavy atom. The van der Waals surface area contributed by atoms with Gasteiger partial charge in [-0.3, -0.25) is 14.4 Å². The van der Waals surface area contributed by atoms with Crippen LogP contribution in [-0.2, 0) is 14.4 Å². The Labute approximate surface area is 153 Å². The minimum atomic E-state index is -1.21. The van der Waals surface area contributed by atoms with Gasteiger partial charge in [-0.2, -0.15) is 4.98 Å². The predicted octanol–water partition coefficient (Wildman–Crippen LogP) is -0.177. The first-order valence-electron chi connectivity index (χ1n) is 8.29. The van der Waals surface area contributed by atoms with Crippen molar-refractivity contribution in [3.05, 3.63) is 11.7 Å². The van der Waals surface area contributed by atoms with Crippen molar-refractivity contribution in [2.75, 3.05) is 6.54 Å². The molecule has 1 aromatic heterocycles. The number of hydrogen-bond acceptors (Lipinski definition) is 8. The number of Topliss-reactive ketones (excluding diaryl/α,β-unsaturated/α-hetero) is 1. The number of aliphatic carboxylic acids is 2. The third-order valence-corrected chi connectivity index (χ3v) is 4.15. The zero-order valence-corrected chi connectivity index (χ0v) is 14.6. The van der Waals surface area contributed by atoms with Gasteiger partial charge in [0.05, 0.1) is 24.9 Å². The van der Waals surface area contributed by atoms with Crippen LogP contribution in [0.2, 0.25) is 0 Å². The summed E-state index contributed by atoms with van der Waals surface area (Å²) in [6, 6.07) is -3.27. The van der Waals surface area contributed by atoms with Gasteiger partial charge in [-0.05, 0) is 19.8 Å². The number of likely N-dealkylation sites (tertiary alicyclic amines) is 1. The molecule has 5 N–H and O–H groups in total. The van der Waals surface area contributed by atoms with Crippen molar-refractivity contribution in [3.63, 3.8) is 0 Å². The van der Waals surface area contributed by atoms with Gasteiger partial charge in [0, 0.05) is 6.54 Å². The van der Waals surface area contributed by atoms with Crippen LogP contribution in [-0.4, -0.2) is 61.6 Å². The maximum absolute atomic E-state index is 12.5. The second-order valence-electron chi connectivity index (χ2n) is 6.26. The first-order valence-corrected chi connectivity index (χ1v) is 8.29. The lowest BCUT2D eigenvalue weighted by Crippen LogP contribution is -2.48. The number of hydrogen-bond donors (Lipinski definition) is 4. The van der Waals surface area contributed by atoms with Crippen molar-refractivity contribution < 1.29 is 33.9 Å². The predicted molar refractivity (Wildman–Crippen MR) is 87.4 cm³/mol. The van der Waals surface area contributed by atoms with Crippen molar-refractivity contribution >= 4 is 23.8 Å². The lowest BCUT2D eigenvalue weighted by atomic mass is 10.1. The van der Waals surface area contributed by atoms with E-state index in [0.717, 1.165) is 0 Å². The zero-order chi connectivity index (χ0) is 20.1. The molecule has 3 atom stereocenters. The Hall–Kier alpha value is -3.02. The molecule has 148 valence electrons. The molecule has 12 heteroatoms. The maximum atomic E-state index is 12.5. The number of amides is 2. The number of nitrogens with two attached hydrogens (primary N) is 1. The molecular weight excluding hydrogens is 362 g/mol. The van der Waals surface area contributed by atoms with Crippen LogP contribution in [0.5, 0.6) is 0 Å². The molecule has 0 unspecified atom stereocenters. The molecule has 2 amide bonds. The number of nitrogens with zero attached hydrogens (tertiary/aromatic N) is 3.